The van der Waals surface area contributed by atoms with Crippen LogP contribution < -0.4 is 5.32 Å². The molecule has 0 aromatic heterocycles. The predicted octanol–water partition coefficient (Wildman–Crippen LogP) is 2.61. The van der Waals surface area contributed by atoms with E-state index in [1.165, 1.54) is 28.6 Å². The molecule has 0 saturated carbocycles. The summed E-state index contributed by atoms with van der Waals surface area (Å²) >= 11 is 6.04. The molecule has 3 rings (SSSR count). The normalized spacial score (nSPS) is 19.3. The fraction of sp³-hybridized carbons (Fsp3) is 0.364. The molecule has 0 radical (unpaired) electrons. The first-order chi connectivity index (χ1) is 15.2. The van der Waals surface area contributed by atoms with E-state index in [-0.39, 0.29) is 42.3 Å². The van der Waals surface area contributed by atoms with Crippen LogP contribution in [-0.2, 0) is 30.8 Å². The second-order valence-electron chi connectivity index (χ2n) is 7.55. The molecule has 1 saturated heterocycles. The van der Waals surface area contributed by atoms with Crippen molar-refractivity contribution in [2.45, 2.75) is 37.5 Å². The average molecular weight is 481 g/mol. The first-order valence-electron chi connectivity index (χ1n) is 10.1. The minimum atomic E-state index is -3.80. The third-order valence-corrected chi connectivity index (χ3v) is 7.06. The predicted molar refractivity (Wildman–Crippen MR) is 119 cm³/mol. The van der Waals surface area contributed by atoms with Crippen molar-refractivity contribution >= 4 is 33.5 Å². The van der Waals surface area contributed by atoms with Gasteiger partial charge in [0, 0.05) is 24.7 Å². The van der Waals surface area contributed by atoms with Gasteiger partial charge in [0.1, 0.15) is 0 Å². The second-order valence-corrected chi connectivity index (χ2v) is 9.90. The highest BCUT2D eigenvalue weighted by molar-refractivity contribution is 7.89. The molecule has 2 aromatic carbocycles. The number of halogens is 1. The van der Waals surface area contributed by atoms with E-state index in [0.29, 0.717) is 5.02 Å². The summed E-state index contributed by atoms with van der Waals surface area (Å²) in [5, 5.41) is 3.14. The number of rotatable bonds is 7. The smallest absolute Gasteiger partial charge is 0.338 e. The molecule has 1 aliphatic rings. The van der Waals surface area contributed by atoms with Crippen molar-refractivity contribution in [3.8, 4) is 0 Å². The van der Waals surface area contributed by atoms with Gasteiger partial charge in [-0.1, -0.05) is 35.9 Å². The Morgan fingerprint density at radius 2 is 1.81 bits per heavy atom. The Morgan fingerprint density at radius 1 is 1.12 bits per heavy atom. The molecule has 1 heterocycles. The molecule has 0 aliphatic carbocycles. The number of nitrogens with zero attached hydrogens (tertiary/aromatic N) is 1. The number of sulfonamides is 1. The van der Waals surface area contributed by atoms with Gasteiger partial charge < -0.3 is 14.8 Å². The molecule has 2 aromatic rings. The lowest BCUT2D eigenvalue weighted by Gasteiger charge is -2.34. The lowest BCUT2D eigenvalue weighted by molar-refractivity contribution is -0.124. The molecule has 0 bridgehead atoms. The van der Waals surface area contributed by atoms with Crippen molar-refractivity contribution in [3.63, 3.8) is 0 Å². The van der Waals surface area contributed by atoms with E-state index in [2.05, 4.69) is 5.32 Å². The molecule has 1 N–H and O–H groups in total. The summed E-state index contributed by atoms with van der Waals surface area (Å²) in [7, 11) is -3.80. The molecule has 8 nitrogen and oxygen atoms in total. The SMILES string of the molecule is C[C@@H]1CN(S(=O)(=O)c2cccc(C(=O)OCC(=O)NCc3ccccc3Cl)c2)C[C@@H](C)O1. The van der Waals surface area contributed by atoms with Crippen LogP contribution in [0.5, 0.6) is 0 Å². The zero-order valence-corrected chi connectivity index (χ0v) is 19.4. The number of hydrogen-bond acceptors (Lipinski definition) is 6. The number of amides is 1. The van der Waals surface area contributed by atoms with Crippen molar-refractivity contribution in [2.75, 3.05) is 19.7 Å². The van der Waals surface area contributed by atoms with Crippen molar-refractivity contribution < 1.29 is 27.5 Å². The minimum absolute atomic E-state index is 0.0172. The van der Waals surface area contributed by atoms with E-state index < -0.39 is 28.5 Å². The summed E-state index contributed by atoms with van der Waals surface area (Å²) in [6, 6.07) is 12.6. The molecular weight excluding hydrogens is 456 g/mol. The molecule has 10 heteroatoms. The highest BCUT2D eigenvalue weighted by Crippen LogP contribution is 2.22. The van der Waals surface area contributed by atoms with E-state index in [1.807, 2.05) is 13.8 Å². The largest absolute Gasteiger partial charge is 0.452 e. The second kappa shape index (κ2) is 10.4. The van der Waals surface area contributed by atoms with Gasteiger partial charge in [0.15, 0.2) is 6.61 Å². The Morgan fingerprint density at radius 3 is 2.50 bits per heavy atom. The topological polar surface area (TPSA) is 102 Å². The van der Waals surface area contributed by atoms with Gasteiger partial charge in [-0.15, -0.1) is 0 Å². The molecule has 32 heavy (non-hydrogen) atoms. The Bertz CT molecular complexity index is 1080. The summed E-state index contributed by atoms with van der Waals surface area (Å²) in [5.74, 6) is -1.29. The molecule has 0 unspecified atom stereocenters. The summed E-state index contributed by atoms with van der Waals surface area (Å²) < 4.78 is 38.0. The number of morpholine rings is 1. The van der Waals surface area contributed by atoms with Gasteiger partial charge in [-0.2, -0.15) is 4.31 Å². The third kappa shape index (κ3) is 6.07. The number of carbonyl (C=O) groups excluding carboxylic acids is 2. The summed E-state index contributed by atoms with van der Waals surface area (Å²) in [5.41, 5.74) is 0.776. The number of nitrogens with one attached hydrogen (secondary N) is 1. The number of esters is 1. The van der Waals surface area contributed by atoms with Crippen molar-refractivity contribution in [2.24, 2.45) is 0 Å². The molecule has 0 spiro atoms. The fourth-order valence-corrected chi connectivity index (χ4v) is 5.20. The summed E-state index contributed by atoms with van der Waals surface area (Å²) in [6.07, 6.45) is -0.461. The first-order valence-corrected chi connectivity index (χ1v) is 11.9. The fourth-order valence-electron chi connectivity index (χ4n) is 3.36. The molecule has 1 fully saturated rings. The van der Waals surface area contributed by atoms with Crippen LogP contribution in [0, 0.1) is 0 Å². The molecule has 172 valence electrons. The van der Waals surface area contributed by atoms with Crippen LogP contribution in [0.2, 0.25) is 5.02 Å². The number of carbonyl (C=O) groups is 2. The average Bonchev–Trinajstić information content (AvgIpc) is 2.76. The Balaban J connectivity index is 1.60. The highest BCUT2D eigenvalue weighted by atomic mass is 35.5. The van der Waals surface area contributed by atoms with E-state index in [9.17, 15) is 18.0 Å². The molecule has 2 atom stereocenters. The van der Waals surface area contributed by atoms with Crippen LogP contribution in [0.4, 0.5) is 0 Å². The standard InChI is InChI=1S/C22H25ClN2O6S/c1-15-12-25(13-16(2)31-15)32(28,29)19-8-5-7-17(10-19)22(27)30-14-21(26)24-11-18-6-3-4-9-20(18)23/h3-10,15-16H,11-14H2,1-2H3,(H,24,26)/t15-,16-/m1/s1. The summed E-state index contributed by atoms with van der Waals surface area (Å²) in [4.78, 5) is 24.4. The van der Waals surface area contributed by atoms with Crippen LogP contribution in [0.15, 0.2) is 53.4 Å². The van der Waals surface area contributed by atoms with Crippen LogP contribution >= 0.6 is 11.6 Å². The lowest BCUT2D eigenvalue weighted by atomic mass is 10.2. The maximum absolute atomic E-state index is 13.0. The quantitative estimate of drug-likeness (QED) is 0.611. The van der Waals surface area contributed by atoms with Crippen molar-refractivity contribution in [3.05, 3.63) is 64.7 Å². The van der Waals surface area contributed by atoms with Gasteiger partial charge in [0.25, 0.3) is 5.91 Å². The van der Waals surface area contributed by atoms with Gasteiger partial charge in [-0.05, 0) is 43.7 Å². The van der Waals surface area contributed by atoms with Crippen molar-refractivity contribution in [1.82, 2.24) is 9.62 Å². The monoisotopic (exact) mass is 480 g/mol. The third-order valence-electron chi connectivity index (χ3n) is 4.86. The highest BCUT2D eigenvalue weighted by Gasteiger charge is 2.32. The Labute approximate surface area is 192 Å². The zero-order chi connectivity index (χ0) is 23.3. The minimum Gasteiger partial charge on any atom is -0.452 e. The maximum Gasteiger partial charge on any atom is 0.338 e. The van der Waals surface area contributed by atoms with Crippen LogP contribution in [-0.4, -0.2) is 56.5 Å². The molecule has 1 aliphatic heterocycles. The zero-order valence-electron chi connectivity index (χ0n) is 17.8. The van der Waals surface area contributed by atoms with Crippen LogP contribution in [0.1, 0.15) is 29.8 Å². The number of benzene rings is 2. The number of hydrogen-bond donors (Lipinski definition) is 1. The van der Waals surface area contributed by atoms with E-state index in [0.717, 1.165) is 5.56 Å². The van der Waals surface area contributed by atoms with E-state index in [1.54, 1.807) is 24.3 Å². The van der Waals surface area contributed by atoms with Crippen LogP contribution in [0.3, 0.4) is 0 Å². The van der Waals surface area contributed by atoms with E-state index >= 15 is 0 Å². The molecular formula is C22H25ClN2O6S. The van der Waals surface area contributed by atoms with Crippen molar-refractivity contribution in [1.29, 1.82) is 0 Å². The summed E-state index contributed by atoms with van der Waals surface area (Å²) in [6.45, 7) is 3.77. The van der Waals surface area contributed by atoms with Gasteiger partial charge in [0.2, 0.25) is 10.0 Å². The lowest BCUT2D eigenvalue weighted by Crippen LogP contribution is -2.48. The number of ether oxygens (including phenoxy) is 2. The van der Waals surface area contributed by atoms with Gasteiger partial charge >= 0.3 is 5.97 Å². The maximum atomic E-state index is 13.0. The Hall–Kier alpha value is -2.46. The first kappa shape index (κ1) is 24.2. The van der Waals surface area contributed by atoms with Gasteiger partial charge in [-0.25, -0.2) is 13.2 Å². The van der Waals surface area contributed by atoms with Gasteiger partial charge in [-0.3, -0.25) is 4.79 Å². The van der Waals surface area contributed by atoms with Crippen LogP contribution in [0.25, 0.3) is 0 Å². The molecule has 1 amide bonds. The van der Waals surface area contributed by atoms with E-state index in [4.69, 9.17) is 21.1 Å². The van der Waals surface area contributed by atoms with Gasteiger partial charge in [0.05, 0.1) is 22.7 Å². The Kier molecular flexibility index (Phi) is 7.89.